The first-order valence-electron chi connectivity index (χ1n) is 2.79. The predicted octanol–water partition coefficient (Wildman–Crippen LogP) is 1.56. The summed E-state index contributed by atoms with van der Waals surface area (Å²) in [5.41, 5.74) is 0. The molecule has 0 heterocycles. The Morgan fingerprint density at radius 1 is 1.20 bits per heavy atom. The molecule has 0 spiro atoms. The number of alkyl halides is 2. The summed E-state index contributed by atoms with van der Waals surface area (Å²) in [6.45, 7) is 3.65. The summed E-state index contributed by atoms with van der Waals surface area (Å²) < 4.78 is 9.67. The highest BCUT2D eigenvalue weighted by atomic mass is 127. The van der Waals surface area contributed by atoms with Crippen molar-refractivity contribution in [3.63, 3.8) is 0 Å². The topological polar surface area (TPSA) is 38.7 Å². The molecule has 0 aliphatic carbocycles. The van der Waals surface area contributed by atoms with Crippen molar-refractivity contribution in [1.29, 1.82) is 0 Å². The SMILES string of the molecule is CC(I)OB(O)OC(C)I. The van der Waals surface area contributed by atoms with Gasteiger partial charge in [0, 0.05) is 0 Å². The average Bonchev–Trinajstić information content (AvgIpc) is 1.58. The summed E-state index contributed by atoms with van der Waals surface area (Å²) in [6.07, 6.45) is 0. The van der Waals surface area contributed by atoms with Gasteiger partial charge in [-0.05, 0) is 13.8 Å². The lowest BCUT2D eigenvalue weighted by molar-refractivity contribution is 0.133. The largest absolute Gasteiger partial charge is 0.638 e. The molecule has 2 unspecified atom stereocenters. The molecule has 0 rings (SSSR count). The second-order valence-corrected chi connectivity index (χ2v) is 5.17. The van der Waals surface area contributed by atoms with E-state index in [2.05, 4.69) is 0 Å². The number of hydrogen-bond acceptors (Lipinski definition) is 3. The molecule has 0 amide bonds. The van der Waals surface area contributed by atoms with Crippen LogP contribution in [0.15, 0.2) is 0 Å². The lowest BCUT2D eigenvalue weighted by atomic mass is 10.2. The van der Waals surface area contributed by atoms with Gasteiger partial charge in [-0.3, -0.25) is 0 Å². The first kappa shape index (κ1) is 11.4. The molecule has 0 aromatic heterocycles. The molecule has 0 aromatic rings. The van der Waals surface area contributed by atoms with Crippen LogP contribution in [-0.4, -0.2) is 20.6 Å². The maximum absolute atomic E-state index is 8.94. The second-order valence-electron chi connectivity index (χ2n) is 1.67. The lowest BCUT2D eigenvalue weighted by Gasteiger charge is -2.11. The standard InChI is InChI=1S/C4H9BI2O3/c1-3(6)9-5(8)10-4(2)7/h3-4,8H,1-2H3. The van der Waals surface area contributed by atoms with Gasteiger partial charge >= 0.3 is 7.32 Å². The van der Waals surface area contributed by atoms with Crippen molar-refractivity contribution in [2.45, 2.75) is 22.1 Å². The van der Waals surface area contributed by atoms with E-state index in [0.717, 1.165) is 0 Å². The molecule has 0 saturated heterocycles. The first-order chi connectivity index (χ1) is 4.52. The van der Waals surface area contributed by atoms with Gasteiger partial charge in [0.1, 0.15) is 0 Å². The van der Waals surface area contributed by atoms with Crippen molar-refractivity contribution in [1.82, 2.24) is 0 Å². The Hall–Kier alpha value is 1.40. The van der Waals surface area contributed by atoms with Gasteiger partial charge in [0.05, 0.1) is 8.22 Å². The van der Waals surface area contributed by atoms with Crippen LogP contribution < -0.4 is 0 Å². The molecule has 60 valence electrons. The Morgan fingerprint density at radius 2 is 1.50 bits per heavy atom. The lowest BCUT2D eigenvalue weighted by Crippen LogP contribution is -2.27. The molecule has 0 aliphatic heterocycles. The molecule has 0 bridgehead atoms. The van der Waals surface area contributed by atoms with Gasteiger partial charge in [-0.1, -0.05) is 45.2 Å². The Kier molecular flexibility index (Phi) is 6.82. The summed E-state index contributed by atoms with van der Waals surface area (Å²) >= 11 is 4.08. The first-order valence-corrected chi connectivity index (χ1v) is 5.28. The quantitative estimate of drug-likeness (QED) is 0.464. The maximum Gasteiger partial charge on any atom is 0.638 e. The Labute approximate surface area is 88.3 Å². The molecular formula is C4H9BI2O3. The number of halogens is 2. The fourth-order valence-corrected chi connectivity index (χ4v) is 0.855. The minimum atomic E-state index is -1.10. The van der Waals surface area contributed by atoms with Crippen molar-refractivity contribution in [3.05, 3.63) is 0 Å². The van der Waals surface area contributed by atoms with Crippen LogP contribution in [0.1, 0.15) is 13.8 Å². The molecule has 2 atom stereocenters. The van der Waals surface area contributed by atoms with E-state index in [-0.39, 0.29) is 8.22 Å². The van der Waals surface area contributed by atoms with E-state index in [1.54, 1.807) is 0 Å². The minimum absolute atomic E-state index is 0.0391. The molecule has 0 radical (unpaired) electrons. The summed E-state index contributed by atoms with van der Waals surface area (Å²) in [5, 5.41) is 8.94. The van der Waals surface area contributed by atoms with Crippen LogP contribution in [0.2, 0.25) is 0 Å². The number of hydrogen-bond donors (Lipinski definition) is 1. The minimum Gasteiger partial charge on any atom is -0.402 e. The van der Waals surface area contributed by atoms with Crippen molar-refractivity contribution >= 4 is 52.5 Å². The van der Waals surface area contributed by atoms with E-state index < -0.39 is 7.32 Å². The predicted molar refractivity (Wildman–Crippen MR) is 57.1 cm³/mol. The molecule has 0 aromatic carbocycles. The molecule has 1 N–H and O–H groups in total. The third-order valence-electron chi connectivity index (χ3n) is 0.608. The van der Waals surface area contributed by atoms with Gasteiger partial charge in [0.2, 0.25) is 0 Å². The second kappa shape index (κ2) is 5.98. The molecule has 6 heteroatoms. The smallest absolute Gasteiger partial charge is 0.402 e. The highest BCUT2D eigenvalue weighted by Crippen LogP contribution is 2.06. The van der Waals surface area contributed by atoms with Crippen LogP contribution in [-0.2, 0) is 9.31 Å². The van der Waals surface area contributed by atoms with Gasteiger partial charge in [0.25, 0.3) is 0 Å². The number of rotatable bonds is 4. The highest BCUT2D eigenvalue weighted by molar-refractivity contribution is 14.1. The maximum atomic E-state index is 8.94. The van der Waals surface area contributed by atoms with E-state index >= 15 is 0 Å². The van der Waals surface area contributed by atoms with E-state index in [1.807, 2.05) is 59.0 Å². The van der Waals surface area contributed by atoms with Gasteiger partial charge in [0.15, 0.2) is 0 Å². The van der Waals surface area contributed by atoms with Gasteiger partial charge in [-0.2, -0.15) is 0 Å². The van der Waals surface area contributed by atoms with Gasteiger partial charge in [-0.25, -0.2) is 0 Å². The fourth-order valence-electron chi connectivity index (χ4n) is 0.353. The van der Waals surface area contributed by atoms with E-state index in [4.69, 9.17) is 14.3 Å². The molecule has 0 aliphatic rings. The van der Waals surface area contributed by atoms with Crippen molar-refractivity contribution < 1.29 is 14.3 Å². The van der Waals surface area contributed by atoms with Crippen molar-refractivity contribution in [2.75, 3.05) is 0 Å². The summed E-state index contributed by atoms with van der Waals surface area (Å²) in [5.74, 6) is 0. The molecule has 0 fully saturated rings. The average molecular weight is 370 g/mol. The third-order valence-corrected chi connectivity index (χ3v) is 1.20. The summed E-state index contributed by atoms with van der Waals surface area (Å²) in [6, 6.07) is 0. The zero-order valence-corrected chi connectivity index (χ0v) is 10.1. The summed E-state index contributed by atoms with van der Waals surface area (Å²) in [7, 11) is -1.10. The molecule has 0 saturated carbocycles. The van der Waals surface area contributed by atoms with Gasteiger partial charge < -0.3 is 14.3 Å². The van der Waals surface area contributed by atoms with Gasteiger partial charge in [-0.15, -0.1) is 0 Å². The fraction of sp³-hybridized carbons (Fsp3) is 1.00. The van der Waals surface area contributed by atoms with E-state index in [0.29, 0.717) is 0 Å². The highest BCUT2D eigenvalue weighted by Gasteiger charge is 2.19. The Morgan fingerprint density at radius 3 is 1.70 bits per heavy atom. The Balaban J connectivity index is 3.34. The normalized spacial score (nSPS) is 16.5. The van der Waals surface area contributed by atoms with E-state index in [1.165, 1.54) is 0 Å². The Bertz CT molecular complexity index is 80.6. The summed E-state index contributed by atoms with van der Waals surface area (Å²) in [4.78, 5) is 0. The van der Waals surface area contributed by atoms with Crippen LogP contribution in [0.4, 0.5) is 0 Å². The van der Waals surface area contributed by atoms with Crippen LogP contribution in [0, 0.1) is 0 Å². The van der Waals surface area contributed by atoms with Crippen LogP contribution in [0.25, 0.3) is 0 Å². The zero-order valence-electron chi connectivity index (χ0n) is 5.75. The third kappa shape index (κ3) is 7.51. The molecule has 3 nitrogen and oxygen atoms in total. The molecule has 10 heavy (non-hydrogen) atoms. The van der Waals surface area contributed by atoms with Crippen molar-refractivity contribution in [2.24, 2.45) is 0 Å². The van der Waals surface area contributed by atoms with Crippen LogP contribution in [0.3, 0.4) is 0 Å². The zero-order chi connectivity index (χ0) is 8.15. The van der Waals surface area contributed by atoms with E-state index in [9.17, 15) is 0 Å². The van der Waals surface area contributed by atoms with Crippen LogP contribution >= 0.6 is 45.2 Å². The van der Waals surface area contributed by atoms with Crippen LogP contribution in [0.5, 0.6) is 0 Å². The molecular weight excluding hydrogens is 361 g/mol. The van der Waals surface area contributed by atoms with Crippen molar-refractivity contribution in [3.8, 4) is 0 Å². The monoisotopic (exact) mass is 370 g/mol.